The normalized spacial score (nSPS) is 11.0. The van der Waals surface area contributed by atoms with Gasteiger partial charge in [-0.15, -0.1) is 0 Å². The molecule has 0 unspecified atom stereocenters. The lowest BCUT2D eigenvalue weighted by molar-refractivity contribution is 0.0527. The van der Waals surface area contributed by atoms with Crippen molar-refractivity contribution in [2.24, 2.45) is 0 Å². The molecule has 26 heavy (non-hydrogen) atoms. The molecule has 0 aliphatic heterocycles. The van der Waals surface area contributed by atoms with Gasteiger partial charge in [0.05, 0.1) is 17.6 Å². The third-order valence-corrected chi connectivity index (χ3v) is 4.34. The summed E-state index contributed by atoms with van der Waals surface area (Å²) in [5.74, 6) is -0.458. The van der Waals surface area contributed by atoms with Crippen molar-refractivity contribution in [3.05, 3.63) is 82.7 Å². The van der Waals surface area contributed by atoms with Gasteiger partial charge in [-0.3, -0.25) is 0 Å². The monoisotopic (exact) mass is 344 g/mol. The number of rotatable bonds is 3. The second-order valence-corrected chi connectivity index (χ2v) is 5.92. The number of esters is 1. The lowest BCUT2D eigenvalue weighted by Crippen LogP contribution is -2.09. The number of fused-ring (bicyclic) bond motifs is 3. The molecule has 4 aromatic rings. The van der Waals surface area contributed by atoms with Gasteiger partial charge in [-0.05, 0) is 36.2 Å². The third kappa shape index (κ3) is 2.65. The number of carbonyl (C=O) groups is 1. The van der Waals surface area contributed by atoms with Gasteiger partial charge in [-0.1, -0.05) is 48.5 Å². The Labute approximate surface area is 149 Å². The van der Waals surface area contributed by atoms with Crippen LogP contribution in [0, 0.1) is 0 Å². The van der Waals surface area contributed by atoms with Crippen molar-refractivity contribution >= 4 is 27.7 Å². The lowest BCUT2D eigenvalue weighted by Gasteiger charge is -2.12. The van der Waals surface area contributed by atoms with E-state index in [1.807, 2.05) is 54.6 Å². The second kappa shape index (κ2) is 6.48. The molecular formula is C22H16O4. The van der Waals surface area contributed by atoms with Crippen LogP contribution >= 0.6 is 0 Å². The third-order valence-electron chi connectivity index (χ3n) is 4.34. The number of hydrogen-bond donors (Lipinski definition) is 0. The standard InChI is InChI=1S/C22H16O4/c1-2-25-21(23)18-13-19-17(12-16(18)14-8-4-3-5-9-14)15-10-6-7-11-20(15)26-22(19)24/h3-13H,2H2,1H3. The molecular weight excluding hydrogens is 328 g/mol. The molecule has 1 aromatic heterocycles. The highest BCUT2D eigenvalue weighted by Gasteiger charge is 2.18. The first kappa shape index (κ1) is 16.1. The number of para-hydroxylation sites is 1. The van der Waals surface area contributed by atoms with Crippen LogP contribution in [0.25, 0.3) is 32.9 Å². The van der Waals surface area contributed by atoms with E-state index in [1.54, 1.807) is 19.1 Å². The van der Waals surface area contributed by atoms with Crippen LogP contribution in [0.5, 0.6) is 0 Å². The van der Waals surface area contributed by atoms with Crippen LogP contribution in [-0.4, -0.2) is 12.6 Å². The summed E-state index contributed by atoms with van der Waals surface area (Å²) in [7, 11) is 0. The van der Waals surface area contributed by atoms with E-state index in [0.29, 0.717) is 16.5 Å². The van der Waals surface area contributed by atoms with E-state index in [-0.39, 0.29) is 6.61 Å². The predicted octanol–water partition coefficient (Wildman–Crippen LogP) is 4.79. The van der Waals surface area contributed by atoms with Crippen molar-refractivity contribution in [3.8, 4) is 11.1 Å². The topological polar surface area (TPSA) is 56.5 Å². The van der Waals surface area contributed by atoms with Gasteiger partial charge < -0.3 is 9.15 Å². The molecule has 0 saturated carbocycles. The lowest BCUT2D eigenvalue weighted by atomic mass is 9.95. The first-order valence-corrected chi connectivity index (χ1v) is 8.41. The first-order valence-electron chi connectivity index (χ1n) is 8.41. The van der Waals surface area contributed by atoms with Crippen LogP contribution in [0.2, 0.25) is 0 Å². The minimum absolute atomic E-state index is 0.261. The molecule has 0 bridgehead atoms. The molecule has 4 nitrogen and oxygen atoms in total. The van der Waals surface area contributed by atoms with Crippen molar-refractivity contribution in [3.63, 3.8) is 0 Å². The molecule has 0 spiro atoms. The highest BCUT2D eigenvalue weighted by Crippen LogP contribution is 2.31. The Morgan fingerprint density at radius 1 is 0.923 bits per heavy atom. The second-order valence-electron chi connectivity index (χ2n) is 5.92. The van der Waals surface area contributed by atoms with Gasteiger partial charge in [-0.25, -0.2) is 9.59 Å². The van der Waals surface area contributed by atoms with Gasteiger partial charge in [0.25, 0.3) is 0 Å². The average molecular weight is 344 g/mol. The van der Waals surface area contributed by atoms with E-state index < -0.39 is 11.6 Å². The van der Waals surface area contributed by atoms with Gasteiger partial charge in [0, 0.05) is 10.8 Å². The molecule has 0 saturated heterocycles. The Morgan fingerprint density at radius 3 is 2.42 bits per heavy atom. The number of benzene rings is 3. The Morgan fingerprint density at radius 2 is 1.65 bits per heavy atom. The molecule has 0 atom stereocenters. The smallest absolute Gasteiger partial charge is 0.344 e. The maximum absolute atomic E-state index is 12.5. The van der Waals surface area contributed by atoms with Crippen molar-refractivity contribution in [2.45, 2.75) is 6.92 Å². The Kier molecular flexibility index (Phi) is 4.01. The van der Waals surface area contributed by atoms with Gasteiger partial charge in [0.2, 0.25) is 0 Å². The molecule has 0 radical (unpaired) electrons. The van der Waals surface area contributed by atoms with E-state index in [9.17, 15) is 9.59 Å². The van der Waals surface area contributed by atoms with Crippen molar-refractivity contribution in [1.29, 1.82) is 0 Å². The van der Waals surface area contributed by atoms with E-state index in [4.69, 9.17) is 9.15 Å². The zero-order chi connectivity index (χ0) is 18.1. The fourth-order valence-corrected chi connectivity index (χ4v) is 3.16. The van der Waals surface area contributed by atoms with E-state index in [0.717, 1.165) is 21.9 Å². The van der Waals surface area contributed by atoms with Crippen LogP contribution in [0.15, 0.2) is 75.9 Å². The molecule has 0 amide bonds. The molecule has 0 aliphatic rings. The summed E-state index contributed by atoms with van der Waals surface area (Å²) in [4.78, 5) is 25.0. The van der Waals surface area contributed by atoms with Crippen LogP contribution < -0.4 is 5.63 Å². The van der Waals surface area contributed by atoms with E-state index >= 15 is 0 Å². The fourth-order valence-electron chi connectivity index (χ4n) is 3.16. The summed E-state index contributed by atoms with van der Waals surface area (Å²) in [5.41, 5.74) is 2.02. The Bertz CT molecular complexity index is 1170. The van der Waals surface area contributed by atoms with E-state index in [2.05, 4.69) is 0 Å². The van der Waals surface area contributed by atoms with Crippen molar-refractivity contribution in [2.75, 3.05) is 6.61 Å². The number of ether oxygens (including phenoxy) is 1. The van der Waals surface area contributed by atoms with Crippen LogP contribution in [0.1, 0.15) is 17.3 Å². The van der Waals surface area contributed by atoms with Gasteiger partial charge >= 0.3 is 11.6 Å². The summed E-state index contributed by atoms with van der Waals surface area (Å²) in [5, 5.41) is 1.95. The zero-order valence-corrected chi connectivity index (χ0v) is 14.2. The Balaban J connectivity index is 2.12. The highest BCUT2D eigenvalue weighted by atomic mass is 16.5. The maximum Gasteiger partial charge on any atom is 0.344 e. The Hall–Kier alpha value is -3.40. The van der Waals surface area contributed by atoms with Crippen molar-refractivity contribution in [1.82, 2.24) is 0 Å². The van der Waals surface area contributed by atoms with Crippen LogP contribution in [-0.2, 0) is 4.74 Å². The van der Waals surface area contributed by atoms with E-state index in [1.165, 1.54) is 0 Å². The number of hydrogen-bond acceptors (Lipinski definition) is 4. The van der Waals surface area contributed by atoms with Crippen LogP contribution in [0.3, 0.4) is 0 Å². The summed E-state index contributed by atoms with van der Waals surface area (Å²) in [6.07, 6.45) is 0. The minimum Gasteiger partial charge on any atom is -0.462 e. The van der Waals surface area contributed by atoms with Crippen molar-refractivity contribution < 1.29 is 13.9 Å². The maximum atomic E-state index is 12.5. The first-order chi connectivity index (χ1) is 12.7. The summed E-state index contributed by atoms with van der Waals surface area (Å²) < 4.78 is 10.6. The molecule has 1 heterocycles. The quantitative estimate of drug-likeness (QED) is 0.305. The highest BCUT2D eigenvalue weighted by molar-refractivity contribution is 6.10. The molecule has 4 heteroatoms. The summed E-state index contributed by atoms with van der Waals surface area (Å²) in [6, 6.07) is 20.4. The molecule has 0 N–H and O–H groups in total. The van der Waals surface area contributed by atoms with Gasteiger partial charge in [0.1, 0.15) is 5.58 Å². The predicted molar refractivity (Wildman–Crippen MR) is 101 cm³/mol. The zero-order valence-electron chi connectivity index (χ0n) is 14.2. The van der Waals surface area contributed by atoms with Gasteiger partial charge in [0.15, 0.2) is 0 Å². The largest absolute Gasteiger partial charge is 0.462 e. The molecule has 0 aliphatic carbocycles. The average Bonchev–Trinajstić information content (AvgIpc) is 2.68. The SMILES string of the molecule is CCOC(=O)c1cc2c(=O)oc3ccccc3c2cc1-c1ccccc1. The summed E-state index contributed by atoms with van der Waals surface area (Å²) in [6.45, 7) is 2.01. The molecule has 0 fully saturated rings. The van der Waals surface area contributed by atoms with Gasteiger partial charge in [-0.2, -0.15) is 0 Å². The number of carbonyl (C=O) groups excluding carboxylic acids is 1. The van der Waals surface area contributed by atoms with Crippen LogP contribution in [0.4, 0.5) is 0 Å². The molecule has 128 valence electrons. The molecule has 4 rings (SSSR count). The summed E-state index contributed by atoms with van der Waals surface area (Å²) >= 11 is 0. The molecule has 3 aromatic carbocycles. The minimum atomic E-state index is -0.469. The fraction of sp³-hybridized carbons (Fsp3) is 0.0909.